The molecule has 0 bridgehead atoms. The molecule has 0 radical (unpaired) electrons. The van der Waals surface area contributed by atoms with E-state index in [-0.39, 0.29) is 18.2 Å². The molecule has 2 aliphatic rings. The monoisotopic (exact) mass is 621 g/mol. The molecule has 206 valence electrons. The molecule has 1 aliphatic carbocycles. The van der Waals surface area contributed by atoms with E-state index >= 15 is 0 Å². The number of carbonyl (C=O) groups excluding carboxylic acids is 2. The molecule has 0 atom stereocenters. The summed E-state index contributed by atoms with van der Waals surface area (Å²) in [6.07, 6.45) is 3.93. The second-order valence-corrected chi connectivity index (χ2v) is 28.0. The number of nitrogens with one attached hydrogen (secondary N) is 2. The Morgan fingerprint density at radius 3 is 2.14 bits per heavy atom. The van der Waals surface area contributed by atoms with Crippen LogP contribution in [-0.4, -0.2) is 59.5 Å². The molecule has 1 heterocycles. The minimum absolute atomic E-state index is 0.0670. The van der Waals surface area contributed by atoms with Gasteiger partial charge in [0.25, 0.3) is 0 Å². The van der Waals surface area contributed by atoms with Gasteiger partial charge in [-0.05, 0) is 5.41 Å². The topological polar surface area (TPSA) is 95.4 Å². The van der Waals surface area contributed by atoms with Crippen LogP contribution in [0.3, 0.4) is 0 Å². The normalized spacial score (nSPS) is 15.8. The van der Waals surface area contributed by atoms with E-state index in [1.807, 2.05) is 26.8 Å². The molecule has 1 aromatic rings. The fourth-order valence-electron chi connectivity index (χ4n) is 3.50. The summed E-state index contributed by atoms with van der Waals surface area (Å²) in [4.78, 5) is 34.3. The van der Waals surface area contributed by atoms with Crippen LogP contribution in [0.4, 0.5) is 4.79 Å². The zero-order chi connectivity index (χ0) is 28.0. The number of ketones is 1. The Hall–Kier alpha value is -2.10. The second kappa shape index (κ2) is 12.6. The van der Waals surface area contributed by atoms with Crippen molar-refractivity contribution in [2.24, 2.45) is 21.5 Å². The molecule has 37 heavy (non-hydrogen) atoms. The van der Waals surface area contributed by atoms with Crippen molar-refractivity contribution in [2.75, 3.05) is 6.54 Å². The predicted octanol–water partition coefficient (Wildman–Crippen LogP) is 5.19. The standard InChI is InChI=1S/C20H26N5O3.C5H12.3CH3.Sn/c1-20(2,3)28-19(27)25(12-17(26)15-7-5-8-15)11-14-6-4-9-16(10-14)18-23-21-13-22-24-18;1-5(2,3)4;;;;/h6,9-10,13,15H,5,7-8,11-12H2,1-3H3,(H,21,22)(H,23,24);1-4H3;3*1H3;. The molecule has 0 aromatic heterocycles. The Morgan fingerprint density at radius 2 is 1.68 bits per heavy atom. The van der Waals surface area contributed by atoms with Gasteiger partial charge < -0.3 is 0 Å². The van der Waals surface area contributed by atoms with Crippen LogP contribution in [0.5, 0.6) is 0 Å². The van der Waals surface area contributed by atoms with Gasteiger partial charge in [-0.2, -0.15) is 0 Å². The summed E-state index contributed by atoms with van der Waals surface area (Å²) in [5, 5.41) is 8.32. The summed E-state index contributed by atoms with van der Waals surface area (Å²) in [5.74, 6) is 0.809. The van der Waals surface area contributed by atoms with Crippen LogP contribution in [0.25, 0.3) is 0 Å². The van der Waals surface area contributed by atoms with E-state index < -0.39 is 30.1 Å². The van der Waals surface area contributed by atoms with E-state index in [0.29, 0.717) is 17.8 Å². The van der Waals surface area contributed by atoms with E-state index in [4.69, 9.17) is 4.74 Å². The van der Waals surface area contributed by atoms with Gasteiger partial charge in [0, 0.05) is 0 Å². The van der Waals surface area contributed by atoms with Crippen LogP contribution >= 0.6 is 0 Å². The number of benzene rings is 1. The molecule has 1 saturated carbocycles. The van der Waals surface area contributed by atoms with Crippen LogP contribution in [0.2, 0.25) is 14.8 Å². The van der Waals surface area contributed by atoms with Crippen molar-refractivity contribution >= 4 is 46.0 Å². The van der Waals surface area contributed by atoms with Gasteiger partial charge in [0.1, 0.15) is 0 Å². The van der Waals surface area contributed by atoms with E-state index in [2.05, 4.69) is 75.7 Å². The number of hydrazone groups is 2. The van der Waals surface area contributed by atoms with Gasteiger partial charge in [-0.15, -0.1) is 0 Å². The average molecular weight is 620 g/mol. The molecule has 0 saturated heterocycles. The van der Waals surface area contributed by atoms with E-state index in [1.165, 1.54) is 9.92 Å². The summed E-state index contributed by atoms with van der Waals surface area (Å²) in [7, 11) is 0. The number of hydrogen-bond acceptors (Lipinski definition) is 7. The molecule has 1 amide bonds. The van der Waals surface area contributed by atoms with Crippen molar-refractivity contribution in [3.05, 3.63) is 29.3 Å². The molecule has 2 N–H and O–H groups in total. The Balaban J connectivity index is 0.000000877. The first-order valence-electron chi connectivity index (χ1n) is 13.2. The van der Waals surface area contributed by atoms with Crippen molar-refractivity contribution < 1.29 is 14.3 Å². The van der Waals surface area contributed by atoms with Crippen LogP contribution in [-0.2, 0) is 16.1 Å². The van der Waals surface area contributed by atoms with Gasteiger partial charge in [-0.25, -0.2) is 0 Å². The minimum atomic E-state index is -2.46. The van der Waals surface area contributed by atoms with E-state index in [9.17, 15) is 9.59 Å². The third-order valence-electron chi connectivity index (χ3n) is 5.53. The zero-order valence-electron chi connectivity index (χ0n) is 24.5. The number of amides is 1. The van der Waals surface area contributed by atoms with Gasteiger partial charge in [0.05, 0.1) is 0 Å². The molecule has 3 rings (SSSR count). The van der Waals surface area contributed by atoms with E-state index in [1.54, 1.807) is 4.90 Å². The third kappa shape index (κ3) is 11.4. The Labute approximate surface area is 227 Å². The first-order chi connectivity index (χ1) is 16.9. The number of rotatable bonds is 7. The summed E-state index contributed by atoms with van der Waals surface area (Å²) in [5.41, 5.74) is 7.43. The molecular formula is C28H47N5O3Sn. The predicted molar refractivity (Wildman–Crippen MR) is 155 cm³/mol. The summed E-state index contributed by atoms with van der Waals surface area (Å²) in [6, 6.07) is 6.33. The second-order valence-electron chi connectivity index (χ2n) is 13.6. The molecular weight excluding hydrogens is 573 g/mol. The fourth-order valence-corrected chi connectivity index (χ4v) is 6.95. The van der Waals surface area contributed by atoms with Gasteiger partial charge in [-0.3, -0.25) is 0 Å². The number of carbonyl (C=O) groups is 2. The molecule has 8 nitrogen and oxygen atoms in total. The van der Waals surface area contributed by atoms with Crippen LogP contribution in [0.15, 0.2) is 28.4 Å². The molecule has 0 unspecified atom stereocenters. The third-order valence-corrected chi connectivity index (χ3v) is 11.3. The number of amidine groups is 1. The number of ether oxygens (including phenoxy) is 1. The fraction of sp³-hybridized carbons (Fsp3) is 0.643. The maximum atomic E-state index is 13.0. The van der Waals surface area contributed by atoms with Gasteiger partial charge in [-0.1, -0.05) is 27.7 Å². The maximum absolute atomic E-state index is 13.0. The van der Waals surface area contributed by atoms with Gasteiger partial charge in [0.2, 0.25) is 0 Å². The van der Waals surface area contributed by atoms with Crippen molar-refractivity contribution in [1.29, 1.82) is 0 Å². The Kier molecular flexibility index (Phi) is 10.6. The van der Waals surface area contributed by atoms with Crippen LogP contribution in [0, 0.1) is 11.3 Å². The van der Waals surface area contributed by atoms with Crippen molar-refractivity contribution in [1.82, 2.24) is 15.8 Å². The Morgan fingerprint density at radius 1 is 1.05 bits per heavy atom. The van der Waals surface area contributed by atoms with Gasteiger partial charge >= 0.3 is 195 Å². The quantitative estimate of drug-likeness (QED) is 0.410. The molecule has 1 aliphatic heterocycles. The van der Waals surface area contributed by atoms with Crippen LogP contribution in [0.1, 0.15) is 78.9 Å². The summed E-state index contributed by atoms with van der Waals surface area (Å²) < 4.78 is 6.94. The SMILES string of the molecule is CC(C)(C)C.CC(C)(C)OC(=O)N(CC(=O)C1CCC1)Cc1cc(C2=NNC=NN2)c[c]([Sn]([CH3])([CH3])[CH3])c1. The van der Waals surface area contributed by atoms with Crippen molar-refractivity contribution in [2.45, 2.75) is 94.7 Å². The molecule has 1 fully saturated rings. The first-order valence-corrected chi connectivity index (χ1v) is 23.2. The Bertz CT molecular complexity index is 1010. The summed E-state index contributed by atoms with van der Waals surface area (Å²) in [6.45, 7) is 14.6. The average Bonchev–Trinajstić information content (AvgIpc) is 2.69. The van der Waals surface area contributed by atoms with Crippen molar-refractivity contribution in [3.8, 4) is 0 Å². The molecule has 1 aromatic carbocycles. The van der Waals surface area contributed by atoms with Crippen LogP contribution < -0.4 is 14.4 Å². The number of nitrogens with zero attached hydrogens (tertiary/aromatic N) is 3. The summed E-state index contributed by atoms with van der Waals surface area (Å²) >= 11 is -2.46. The first kappa shape index (κ1) is 31.1. The van der Waals surface area contributed by atoms with Crippen molar-refractivity contribution in [3.63, 3.8) is 0 Å². The molecule has 9 heteroatoms. The van der Waals surface area contributed by atoms with E-state index in [0.717, 1.165) is 30.4 Å². The number of hydrogen-bond donors (Lipinski definition) is 2. The zero-order valence-corrected chi connectivity index (χ0v) is 27.3. The molecule has 0 spiro atoms. The number of Topliss-reactive ketones (excluding diaryl/α,β-unsaturated/α-hetero) is 1. The van der Waals surface area contributed by atoms with Gasteiger partial charge in [0.15, 0.2) is 0 Å².